The second-order valence-corrected chi connectivity index (χ2v) is 11.1. The zero-order valence-electron chi connectivity index (χ0n) is 21.8. The fourth-order valence-corrected chi connectivity index (χ4v) is 6.47. The van der Waals surface area contributed by atoms with Gasteiger partial charge < -0.3 is 36.4 Å². The lowest BCUT2D eigenvalue weighted by Crippen LogP contribution is -2.63. The molecule has 0 aromatic rings. The van der Waals surface area contributed by atoms with E-state index in [0.29, 0.717) is 11.3 Å². The van der Waals surface area contributed by atoms with Gasteiger partial charge in [0.2, 0.25) is 5.91 Å². The number of halogens is 2. The lowest BCUT2D eigenvalue weighted by atomic mass is 9.57. The SMILES string of the molecule is Br.CN(C)C1=C2CC3CC4[C@H](N(C)C)C(=O)C(C(N)=O)=C(O)[C@@]4(O)C(O)=C3C(=O)C2C(O)C(NC(=O)CBr)=C1. The third-order valence-electron chi connectivity index (χ3n) is 7.93. The Morgan fingerprint density at radius 3 is 2.28 bits per heavy atom. The van der Waals surface area contributed by atoms with Gasteiger partial charge in [-0.2, -0.15) is 0 Å². The Bertz CT molecular complexity index is 1270. The van der Waals surface area contributed by atoms with E-state index in [0.717, 1.165) is 0 Å². The largest absolute Gasteiger partial charge is 0.508 e. The predicted molar refractivity (Wildman–Crippen MR) is 148 cm³/mol. The number of rotatable bonds is 5. The van der Waals surface area contributed by atoms with Gasteiger partial charge in [0.05, 0.1) is 17.3 Å². The Labute approximate surface area is 243 Å². The van der Waals surface area contributed by atoms with Crippen molar-refractivity contribution in [1.82, 2.24) is 15.1 Å². The Morgan fingerprint density at radius 2 is 1.77 bits per heavy atom. The highest BCUT2D eigenvalue weighted by atomic mass is 79.9. The molecule has 6 atom stereocenters. The Hall–Kier alpha value is -2.52. The monoisotopic (exact) mass is 674 g/mol. The molecule has 4 aliphatic carbocycles. The standard InChI is InChI=1S/C25H31BrN4O8.BrH/c1-29(2)13-7-12(28-14(31)8-26)19(32)16-10(13)5-9-6-11-18(30(3)4)21(34)17(24(27)37)23(36)25(11,38)22(35)15(9)20(16)33;/h7,9,11,16,18-19,32,35-36,38H,5-6,8H2,1-4H3,(H2,27,37)(H,28,31);1H/t9?,11?,16?,18-,19?,25-;/m0./s1. The summed E-state index contributed by atoms with van der Waals surface area (Å²) < 4.78 is 0. The molecule has 0 radical (unpaired) electrons. The van der Waals surface area contributed by atoms with E-state index in [4.69, 9.17) is 5.73 Å². The summed E-state index contributed by atoms with van der Waals surface area (Å²) in [5.74, 6) is -8.13. The van der Waals surface area contributed by atoms with Crippen LogP contribution in [0.1, 0.15) is 12.8 Å². The number of fused-ring (bicyclic) bond motifs is 3. The van der Waals surface area contributed by atoms with Crippen LogP contribution in [-0.2, 0) is 19.2 Å². The van der Waals surface area contributed by atoms with Crippen LogP contribution in [0.25, 0.3) is 0 Å². The molecule has 0 aliphatic heterocycles. The molecule has 214 valence electrons. The number of allylic oxidation sites excluding steroid dienone is 2. The highest BCUT2D eigenvalue weighted by molar-refractivity contribution is 9.09. The molecule has 0 heterocycles. The van der Waals surface area contributed by atoms with Gasteiger partial charge in [0.25, 0.3) is 5.91 Å². The van der Waals surface area contributed by atoms with E-state index >= 15 is 0 Å². The molecule has 0 spiro atoms. The zero-order valence-corrected chi connectivity index (χ0v) is 25.1. The number of likely N-dealkylation sites (N-methyl/N-ethyl adjacent to an activating group) is 2. The maximum Gasteiger partial charge on any atom is 0.255 e. The molecule has 4 aliphatic rings. The molecule has 0 aromatic heterocycles. The van der Waals surface area contributed by atoms with E-state index in [9.17, 15) is 39.6 Å². The lowest BCUT2D eigenvalue weighted by Gasteiger charge is -2.51. The van der Waals surface area contributed by atoms with Crippen LogP contribution in [0, 0.1) is 17.8 Å². The molecule has 0 bridgehead atoms. The summed E-state index contributed by atoms with van der Waals surface area (Å²) in [4.78, 5) is 54.5. The average molecular weight is 676 g/mol. The maximum absolute atomic E-state index is 13.9. The van der Waals surface area contributed by atoms with Crippen molar-refractivity contribution in [3.05, 3.63) is 45.7 Å². The fourth-order valence-electron chi connectivity index (χ4n) is 6.33. The molecule has 39 heavy (non-hydrogen) atoms. The topological polar surface area (TPSA) is 194 Å². The number of aliphatic hydroxyl groups is 4. The quantitative estimate of drug-likeness (QED) is 0.167. The van der Waals surface area contributed by atoms with Crippen molar-refractivity contribution < 1.29 is 39.6 Å². The van der Waals surface area contributed by atoms with Gasteiger partial charge in [-0.25, -0.2) is 0 Å². The summed E-state index contributed by atoms with van der Waals surface area (Å²) in [6.45, 7) is 0. The first-order chi connectivity index (χ1) is 17.7. The molecule has 0 saturated heterocycles. The van der Waals surface area contributed by atoms with Crippen LogP contribution >= 0.6 is 32.9 Å². The Morgan fingerprint density at radius 1 is 1.15 bits per heavy atom. The third-order valence-corrected chi connectivity index (χ3v) is 8.44. The highest BCUT2D eigenvalue weighted by Crippen LogP contribution is 2.55. The second-order valence-electron chi connectivity index (χ2n) is 10.5. The first-order valence-electron chi connectivity index (χ1n) is 12.0. The van der Waals surface area contributed by atoms with Gasteiger partial charge in [0.15, 0.2) is 17.2 Å². The summed E-state index contributed by atoms with van der Waals surface area (Å²) in [6.07, 6.45) is 0.352. The Kier molecular flexibility index (Phi) is 8.59. The number of ketones is 2. The molecule has 7 N–H and O–H groups in total. The molecule has 1 saturated carbocycles. The number of hydrogen-bond donors (Lipinski definition) is 6. The summed E-state index contributed by atoms with van der Waals surface area (Å²) in [6, 6.07) is -1.12. The molecular formula is C25H32Br2N4O8. The van der Waals surface area contributed by atoms with Crippen LogP contribution in [0.5, 0.6) is 0 Å². The number of nitrogens with zero attached hydrogens (tertiary/aromatic N) is 2. The van der Waals surface area contributed by atoms with Crippen LogP contribution in [0.4, 0.5) is 0 Å². The first-order valence-corrected chi connectivity index (χ1v) is 13.1. The number of primary amides is 1. The average Bonchev–Trinajstić information content (AvgIpc) is 2.82. The number of nitrogens with one attached hydrogen (secondary N) is 1. The van der Waals surface area contributed by atoms with Crippen molar-refractivity contribution >= 4 is 56.3 Å². The number of hydrogen-bond acceptors (Lipinski definition) is 10. The lowest BCUT2D eigenvalue weighted by molar-refractivity contribution is -0.138. The first kappa shape index (κ1) is 31.0. The van der Waals surface area contributed by atoms with E-state index in [-0.39, 0.29) is 46.4 Å². The van der Waals surface area contributed by atoms with Crippen LogP contribution < -0.4 is 11.1 Å². The Balaban J connectivity index is 0.00000420. The van der Waals surface area contributed by atoms with Crippen molar-refractivity contribution in [1.29, 1.82) is 0 Å². The van der Waals surface area contributed by atoms with Gasteiger partial charge in [-0.15, -0.1) is 17.0 Å². The summed E-state index contributed by atoms with van der Waals surface area (Å²) in [7, 11) is 6.61. The van der Waals surface area contributed by atoms with E-state index in [1.807, 2.05) is 0 Å². The van der Waals surface area contributed by atoms with Crippen LogP contribution in [0.15, 0.2) is 45.7 Å². The molecule has 4 unspecified atom stereocenters. The van der Waals surface area contributed by atoms with Gasteiger partial charge in [0.1, 0.15) is 23.2 Å². The molecule has 0 aromatic carbocycles. The van der Waals surface area contributed by atoms with Crippen molar-refractivity contribution in [2.75, 3.05) is 33.5 Å². The smallest absolute Gasteiger partial charge is 0.255 e. The van der Waals surface area contributed by atoms with E-state index < -0.39 is 76.0 Å². The summed E-state index contributed by atoms with van der Waals surface area (Å²) in [5, 5.41) is 47.8. The van der Waals surface area contributed by atoms with E-state index in [1.54, 1.807) is 39.2 Å². The predicted octanol–water partition coefficient (Wildman–Crippen LogP) is -0.272. The van der Waals surface area contributed by atoms with Gasteiger partial charge in [0, 0.05) is 37.0 Å². The third kappa shape index (κ3) is 4.55. The molecule has 12 nitrogen and oxygen atoms in total. The second kappa shape index (κ2) is 10.8. The number of carbonyl (C=O) groups excluding carboxylic acids is 4. The number of carbonyl (C=O) groups is 4. The number of Topliss-reactive ketones (excluding diaryl/α,β-unsaturated/α-hetero) is 2. The molecular weight excluding hydrogens is 644 g/mol. The van der Waals surface area contributed by atoms with E-state index in [1.165, 1.54) is 4.90 Å². The molecule has 4 rings (SSSR count). The normalized spacial score (nSPS) is 32.2. The molecule has 2 amide bonds. The van der Waals surface area contributed by atoms with Gasteiger partial charge in [-0.3, -0.25) is 24.1 Å². The van der Waals surface area contributed by atoms with E-state index in [2.05, 4.69) is 21.2 Å². The minimum Gasteiger partial charge on any atom is -0.508 e. The fraction of sp³-hybridized carbons (Fsp3) is 0.520. The minimum absolute atomic E-state index is 0. The molecule has 14 heteroatoms. The minimum atomic E-state index is -2.62. The van der Waals surface area contributed by atoms with Crippen molar-refractivity contribution in [2.45, 2.75) is 30.6 Å². The van der Waals surface area contributed by atoms with Gasteiger partial charge in [-0.1, -0.05) is 15.9 Å². The summed E-state index contributed by atoms with van der Waals surface area (Å²) >= 11 is 3.05. The van der Waals surface area contributed by atoms with Crippen molar-refractivity contribution in [3.8, 4) is 0 Å². The number of alkyl halides is 1. The maximum atomic E-state index is 13.9. The summed E-state index contributed by atoms with van der Waals surface area (Å²) in [5.41, 5.74) is 2.96. The highest BCUT2D eigenvalue weighted by Gasteiger charge is 2.63. The van der Waals surface area contributed by atoms with Crippen LogP contribution in [-0.4, -0.2) is 105 Å². The van der Waals surface area contributed by atoms with Crippen LogP contribution in [0.2, 0.25) is 0 Å². The molecule has 1 fully saturated rings. The van der Waals surface area contributed by atoms with Crippen molar-refractivity contribution in [2.24, 2.45) is 23.5 Å². The number of nitrogens with two attached hydrogens (primary N) is 1. The van der Waals surface area contributed by atoms with Gasteiger partial charge in [-0.05, 0) is 44.5 Å². The number of amides is 2. The van der Waals surface area contributed by atoms with Crippen LogP contribution in [0.3, 0.4) is 0 Å². The van der Waals surface area contributed by atoms with Gasteiger partial charge >= 0.3 is 0 Å². The number of aliphatic hydroxyl groups excluding tert-OH is 3. The zero-order chi connectivity index (χ0) is 28.4. The van der Waals surface area contributed by atoms with Crippen molar-refractivity contribution in [3.63, 3.8) is 0 Å².